The number of non-ortho nitro benzene ring substituents is 1. The minimum absolute atomic E-state index is 0.0386. The summed E-state index contributed by atoms with van der Waals surface area (Å²) in [7, 11) is 0. The Kier molecular flexibility index (Phi) is 3.78. The highest BCUT2D eigenvalue weighted by Gasteiger charge is 2.13. The summed E-state index contributed by atoms with van der Waals surface area (Å²) in [6, 6.07) is 5.42. The Morgan fingerprint density at radius 1 is 1.50 bits per heavy atom. The predicted molar refractivity (Wildman–Crippen MR) is 55.5 cm³/mol. The van der Waals surface area contributed by atoms with Crippen LogP contribution in [0.2, 0.25) is 0 Å². The molecular weight excluding hydrogens is 214 g/mol. The van der Waals surface area contributed by atoms with Gasteiger partial charge in [-0.3, -0.25) is 20.3 Å². The van der Waals surface area contributed by atoms with E-state index in [-0.39, 0.29) is 5.69 Å². The van der Waals surface area contributed by atoms with E-state index in [1.807, 2.05) is 5.43 Å². The van der Waals surface area contributed by atoms with Gasteiger partial charge in [0.25, 0.3) is 11.6 Å². The van der Waals surface area contributed by atoms with Crippen LogP contribution in [-0.4, -0.2) is 16.9 Å². The quantitative estimate of drug-likeness (QED) is 0.333. The van der Waals surface area contributed by atoms with Crippen LogP contribution in [0.5, 0.6) is 5.75 Å². The van der Waals surface area contributed by atoms with Crippen LogP contribution in [0.1, 0.15) is 6.92 Å². The molecule has 0 radical (unpaired) electrons. The molecule has 7 nitrogen and oxygen atoms in total. The number of benzene rings is 1. The predicted octanol–water partition coefficient (Wildman–Crippen LogP) is 0.352. The van der Waals surface area contributed by atoms with Crippen LogP contribution >= 0.6 is 0 Å². The molecule has 0 heterocycles. The van der Waals surface area contributed by atoms with Crippen molar-refractivity contribution in [1.82, 2.24) is 5.43 Å². The Balaban J connectivity index is 2.68. The zero-order chi connectivity index (χ0) is 12.1. The fraction of sp³-hybridized carbons (Fsp3) is 0.222. The number of carbonyl (C=O) groups excluding carboxylic acids is 1. The van der Waals surface area contributed by atoms with Crippen LogP contribution < -0.4 is 16.0 Å². The fourth-order valence-electron chi connectivity index (χ4n) is 1.02. The third-order valence-corrected chi connectivity index (χ3v) is 1.87. The first kappa shape index (κ1) is 11.9. The van der Waals surface area contributed by atoms with Gasteiger partial charge in [0.1, 0.15) is 5.75 Å². The van der Waals surface area contributed by atoms with Crippen molar-refractivity contribution in [3.05, 3.63) is 34.4 Å². The number of nitrogens with two attached hydrogens (primary N) is 1. The van der Waals surface area contributed by atoms with Crippen molar-refractivity contribution in [2.75, 3.05) is 0 Å². The van der Waals surface area contributed by atoms with Crippen LogP contribution in [0, 0.1) is 10.1 Å². The smallest absolute Gasteiger partial charge is 0.274 e. The number of nitro groups is 1. The SMILES string of the molecule is C[C@@H](Oc1ccc([N+](=O)[O-])cc1)C(=O)NN. The molecule has 86 valence electrons. The summed E-state index contributed by atoms with van der Waals surface area (Å²) in [6.07, 6.45) is -0.758. The Labute approximate surface area is 91.3 Å². The summed E-state index contributed by atoms with van der Waals surface area (Å²) in [6.45, 7) is 1.52. The number of ether oxygens (including phenoxy) is 1. The number of hydrazine groups is 1. The van der Waals surface area contributed by atoms with E-state index in [2.05, 4.69) is 0 Å². The van der Waals surface area contributed by atoms with Gasteiger partial charge >= 0.3 is 0 Å². The van der Waals surface area contributed by atoms with E-state index in [0.29, 0.717) is 5.75 Å². The van der Waals surface area contributed by atoms with E-state index in [1.54, 1.807) is 0 Å². The number of nitro benzene ring substituents is 1. The van der Waals surface area contributed by atoms with Crippen molar-refractivity contribution in [2.24, 2.45) is 5.84 Å². The molecule has 1 aromatic carbocycles. The molecule has 1 atom stereocenters. The van der Waals surface area contributed by atoms with E-state index in [0.717, 1.165) is 0 Å². The summed E-state index contributed by atoms with van der Waals surface area (Å²) in [5, 5.41) is 10.4. The van der Waals surface area contributed by atoms with Gasteiger partial charge in [0.15, 0.2) is 6.10 Å². The van der Waals surface area contributed by atoms with Crippen LogP contribution in [0.4, 0.5) is 5.69 Å². The summed E-state index contributed by atoms with van der Waals surface area (Å²) in [5.41, 5.74) is 1.90. The van der Waals surface area contributed by atoms with Crippen LogP contribution in [0.25, 0.3) is 0 Å². The van der Waals surface area contributed by atoms with Crippen LogP contribution in [-0.2, 0) is 4.79 Å². The zero-order valence-corrected chi connectivity index (χ0v) is 8.54. The highest BCUT2D eigenvalue weighted by molar-refractivity contribution is 5.80. The molecule has 0 aliphatic heterocycles. The molecule has 0 bridgehead atoms. The second kappa shape index (κ2) is 5.08. The number of nitrogens with one attached hydrogen (secondary N) is 1. The number of nitrogens with zero attached hydrogens (tertiary/aromatic N) is 1. The molecule has 0 aliphatic carbocycles. The molecule has 0 unspecified atom stereocenters. The van der Waals surface area contributed by atoms with Gasteiger partial charge in [0.05, 0.1) is 4.92 Å². The van der Waals surface area contributed by atoms with Crippen molar-refractivity contribution in [2.45, 2.75) is 13.0 Å². The van der Waals surface area contributed by atoms with Crippen molar-refractivity contribution >= 4 is 11.6 Å². The summed E-state index contributed by atoms with van der Waals surface area (Å²) in [5.74, 6) is 4.81. The van der Waals surface area contributed by atoms with E-state index in [4.69, 9.17) is 10.6 Å². The van der Waals surface area contributed by atoms with Gasteiger partial charge < -0.3 is 4.74 Å². The average Bonchev–Trinajstić information content (AvgIpc) is 2.28. The lowest BCUT2D eigenvalue weighted by molar-refractivity contribution is -0.384. The molecule has 7 heteroatoms. The molecule has 0 fully saturated rings. The first-order valence-electron chi connectivity index (χ1n) is 4.46. The first-order valence-corrected chi connectivity index (χ1v) is 4.46. The Bertz CT molecular complexity index is 390. The van der Waals surface area contributed by atoms with Gasteiger partial charge in [-0.05, 0) is 19.1 Å². The summed E-state index contributed by atoms with van der Waals surface area (Å²) >= 11 is 0. The molecule has 0 saturated heterocycles. The second-order valence-electron chi connectivity index (χ2n) is 3.02. The third kappa shape index (κ3) is 2.92. The van der Waals surface area contributed by atoms with Crippen molar-refractivity contribution in [1.29, 1.82) is 0 Å². The van der Waals surface area contributed by atoms with Crippen molar-refractivity contribution in [3.63, 3.8) is 0 Å². The van der Waals surface area contributed by atoms with Gasteiger partial charge in [-0.25, -0.2) is 5.84 Å². The minimum Gasteiger partial charge on any atom is -0.481 e. The maximum Gasteiger partial charge on any atom is 0.274 e. The highest BCUT2D eigenvalue weighted by Crippen LogP contribution is 2.18. The number of carbonyl (C=O) groups is 1. The lowest BCUT2D eigenvalue weighted by Crippen LogP contribution is -2.40. The standard InChI is InChI=1S/C9H11N3O4/c1-6(9(13)11-10)16-8-4-2-7(3-5-8)12(14)15/h2-6H,10H2,1H3,(H,11,13)/t6-/m1/s1. The molecule has 0 aliphatic rings. The van der Waals surface area contributed by atoms with Gasteiger partial charge in [-0.15, -0.1) is 0 Å². The molecular formula is C9H11N3O4. The molecule has 0 spiro atoms. The fourth-order valence-corrected chi connectivity index (χ4v) is 1.02. The summed E-state index contributed by atoms with van der Waals surface area (Å²) < 4.78 is 5.19. The highest BCUT2D eigenvalue weighted by atomic mass is 16.6. The second-order valence-corrected chi connectivity index (χ2v) is 3.02. The van der Waals surface area contributed by atoms with Gasteiger partial charge in [0.2, 0.25) is 0 Å². The van der Waals surface area contributed by atoms with Crippen LogP contribution in [0.15, 0.2) is 24.3 Å². The lowest BCUT2D eigenvalue weighted by atomic mass is 10.3. The average molecular weight is 225 g/mol. The molecule has 1 aromatic rings. The summed E-state index contributed by atoms with van der Waals surface area (Å²) in [4.78, 5) is 20.9. The molecule has 3 N–H and O–H groups in total. The van der Waals surface area contributed by atoms with E-state index < -0.39 is 16.9 Å². The van der Waals surface area contributed by atoms with Crippen molar-refractivity contribution < 1.29 is 14.5 Å². The van der Waals surface area contributed by atoms with Gasteiger partial charge in [-0.1, -0.05) is 0 Å². The number of amides is 1. The Morgan fingerprint density at radius 2 is 2.06 bits per heavy atom. The topological polar surface area (TPSA) is 107 Å². The van der Waals surface area contributed by atoms with E-state index in [9.17, 15) is 14.9 Å². The van der Waals surface area contributed by atoms with Crippen molar-refractivity contribution in [3.8, 4) is 5.75 Å². The normalized spacial score (nSPS) is 11.6. The number of hydrogen-bond acceptors (Lipinski definition) is 5. The number of rotatable bonds is 4. The molecule has 0 aromatic heterocycles. The monoisotopic (exact) mass is 225 g/mol. The third-order valence-electron chi connectivity index (χ3n) is 1.87. The molecule has 1 rings (SSSR count). The maximum absolute atomic E-state index is 11.0. The Hall–Kier alpha value is -2.15. The minimum atomic E-state index is -0.758. The zero-order valence-electron chi connectivity index (χ0n) is 8.54. The van der Waals surface area contributed by atoms with Gasteiger partial charge in [-0.2, -0.15) is 0 Å². The Morgan fingerprint density at radius 3 is 2.50 bits per heavy atom. The molecule has 16 heavy (non-hydrogen) atoms. The first-order chi connectivity index (χ1) is 7.54. The molecule has 0 saturated carbocycles. The molecule has 1 amide bonds. The van der Waals surface area contributed by atoms with E-state index in [1.165, 1.54) is 31.2 Å². The lowest BCUT2D eigenvalue weighted by Gasteiger charge is -2.12. The van der Waals surface area contributed by atoms with Crippen LogP contribution in [0.3, 0.4) is 0 Å². The van der Waals surface area contributed by atoms with Gasteiger partial charge in [0, 0.05) is 12.1 Å². The largest absolute Gasteiger partial charge is 0.481 e. The maximum atomic E-state index is 11.0. The number of hydrogen-bond donors (Lipinski definition) is 2. The van der Waals surface area contributed by atoms with E-state index >= 15 is 0 Å².